The Hall–Kier alpha value is -2.42. The van der Waals surface area contributed by atoms with Gasteiger partial charge in [-0.05, 0) is 44.1 Å². The topological polar surface area (TPSA) is 66.4 Å². The van der Waals surface area contributed by atoms with Gasteiger partial charge in [0.2, 0.25) is 11.8 Å². The summed E-state index contributed by atoms with van der Waals surface area (Å²) in [5.74, 6) is -5.57. The highest BCUT2D eigenvalue weighted by atomic mass is 19.3. The maximum Gasteiger partial charge on any atom is 0.287 e. The molecule has 1 atom stereocenters. The highest BCUT2D eigenvalue weighted by molar-refractivity contribution is 5.38. The van der Waals surface area contributed by atoms with Crippen LogP contribution in [0.3, 0.4) is 0 Å². The van der Waals surface area contributed by atoms with Crippen LogP contribution < -0.4 is 9.47 Å². The summed E-state index contributed by atoms with van der Waals surface area (Å²) in [5, 5.41) is 0. The zero-order valence-corrected chi connectivity index (χ0v) is 21.4. The average Bonchev–Trinajstić information content (AvgIpc) is 2.85. The second kappa shape index (κ2) is 14.4. The van der Waals surface area contributed by atoms with Crippen molar-refractivity contribution in [2.75, 3.05) is 26.4 Å². The van der Waals surface area contributed by atoms with Crippen LogP contribution in [0.2, 0.25) is 0 Å². The lowest BCUT2D eigenvalue weighted by Crippen LogP contribution is -2.33. The predicted octanol–water partition coefficient (Wildman–Crippen LogP) is 6.77. The van der Waals surface area contributed by atoms with E-state index >= 15 is 8.78 Å². The van der Waals surface area contributed by atoms with Crippen molar-refractivity contribution in [3.05, 3.63) is 41.4 Å². The lowest BCUT2D eigenvalue weighted by atomic mass is 9.80. The molecule has 0 spiro atoms. The van der Waals surface area contributed by atoms with Crippen molar-refractivity contribution in [1.82, 2.24) is 15.0 Å². The molecule has 0 amide bonds. The second-order valence-electron chi connectivity index (χ2n) is 9.21. The third-order valence-corrected chi connectivity index (χ3v) is 6.31. The van der Waals surface area contributed by atoms with Gasteiger partial charge in [-0.2, -0.15) is 9.37 Å². The smallest absolute Gasteiger partial charge is 0.287 e. The molecule has 0 fully saturated rings. The number of halogens is 3. The van der Waals surface area contributed by atoms with Gasteiger partial charge in [0.1, 0.15) is 5.82 Å². The number of unbranched alkanes of at least 4 members (excludes halogenated alkanes) is 5. The quantitative estimate of drug-likeness (QED) is 0.184. The largest absolute Gasteiger partial charge is 0.490 e. The van der Waals surface area contributed by atoms with Crippen LogP contribution in [0.1, 0.15) is 94.5 Å². The minimum atomic E-state index is -3.48. The fourth-order valence-corrected chi connectivity index (χ4v) is 4.24. The van der Waals surface area contributed by atoms with E-state index in [0.29, 0.717) is 32.0 Å². The molecule has 2 aromatic rings. The highest BCUT2D eigenvalue weighted by Crippen LogP contribution is 2.49. The molecule has 3 rings (SSSR count). The molecule has 0 N–H and O–H groups in total. The lowest BCUT2D eigenvalue weighted by molar-refractivity contribution is -0.0501. The van der Waals surface area contributed by atoms with Crippen molar-refractivity contribution < 1.29 is 27.4 Å². The van der Waals surface area contributed by atoms with Crippen molar-refractivity contribution in [3.63, 3.8) is 0 Å². The first kappa shape index (κ1) is 28.2. The van der Waals surface area contributed by atoms with Gasteiger partial charge in [0.05, 0.1) is 37.1 Å². The fraction of sp³-hybridized carbons (Fsp3) is 0.667. The Labute approximate surface area is 212 Å². The molecule has 200 valence electrons. The molecule has 0 saturated carbocycles. The van der Waals surface area contributed by atoms with Gasteiger partial charge in [-0.1, -0.05) is 39.5 Å². The van der Waals surface area contributed by atoms with Gasteiger partial charge >= 0.3 is 0 Å². The standard InChI is InChI=1S/C27H38F3N3O3/c1-3-5-7-8-15-35-21-18-31-26(32-19-21)22-12-11-20-17-23(33-25(28)24(20)27(22,29)30)36-16-10-9-14-34-13-6-4-2/h17-19,22H,3-16H2,1-2H3. The molecular formula is C27H38F3N3O3. The monoisotopic (exact) mass is 509 g/mol. The predicted molar refractivity (Wildman–Crippen MR) is 131 cm³/mol. The molecule has 0 radical (unpaired) electrons. The second-order valence-corrected chi connectivity index (χ2v) is 9.21. The van der Waals surface area contributed by atoms with Crippen LogP contribution in [-0.4, -0.2) is 41.4 Å². The third kappa shape index (κ3) is 7.79. The van der Waals surface area contributed by atoms with Gasteiger partial charge in [-0.3, -0.25) is 0 Å². The first-order valence-corrected chi connectivity index (χ1v) is 13.2. The Morgan fingerprint density at radius 3 is 2.31 bits per heavy atom. The summed E-state index contributed by atoms with van der Waals surface area (Å²) < 4.78 is 62.2. The van der Waals surface area contributed by atoms with Gasteiger partial charge in [0, 0.05) is 19.3 Å². The normalized spacial score (nSPS) is 16.5. The Morgan fingerprint density at radius 1 is 0.889 bits per heavy atom. The Bertz CT molecular complexity index is 928. The molecule has 2 aromatic heterocycles. The van der Waals surface area contributed by atoms with Crippen LogP contribution in [0, 0.1) is 5.95 Å². The summed E-state index contributed by atoms with van der Waals surface area (Å²) in [6.07, 6.45) is 11.1. The number of ether oxygens (including phenoxy) is 3. The Kier molecular flexibility index (Phi) is 11.2. The summed E-state index contributed by atoms with van der Waals surface area (Å²) in [6, 6.07) is 1.43. The van der Waals surface area contributed by atoms with Gasteiger partial charge in [-0.15, -0.1) is 0 Å². The van der Waals surface area contributed by atoms with E-state index in [1.165, 1.54) is 18.5 Å². The molecule has 0 aromatic carbocycles. The molecule has 0 bridgehead atoms. The lowest BCUT2D eigenvalue weighted by Gasteiger charge is -2.32. The first-order valence-electron chi connectivity index (χ1n) is 13.2. The van der Waals surface area contributed by atoms with Crippen LogP contribution >= 0.6 is 0 Å². The number of fused-ring (bicyclic) bond motifs is 1. The zero-order chi connectivity index (χ0) is 25.8. The summed E-state index contributed by atoms with van der Waals surface area (Å²) in [5.41, 5.74) is -0.469. The summed E-state index contributed by atoms with van der Waals surface area (Å²) in [4.78, 5) is 11.9. The molecular weight excluding hydrogens is 471 g/mol. The average molecular weight is 510 g/mol. The van der Waals surface area contributed by atoms with Crippen LogP contribution in [0.5, 0.6) is 11.6 Å². The minimum absolute atomic E-state index is 0.0233. The highest BCUT2D eigenvalue weighted by Gasteiger charge is 2.50. The van der Waals surface area contributed by atoms with E-state index in [9.17, 15) is 4.39 Å². The number of pyridine rings is 1. The Morgan fingerprint density at radius 2 is 1.56 bits per heavy atom. The van der Waals surface area contributed by atoms with Crippen LogP contribution in [-0.2, 0) is 17.1 Å². The number of hydrogen-bond acceptors (Lipinski definition) is 6. The maximum atomic E-state index is 15.4. The maximum absolute atomic E-state index is 15.4. The number of alkyl halides is 2. The van der Waals surface area contributed by atoms with Crippen molar-refractivity contribution >= 4 is 0 Å². The number of nitrogens with zero attached hydrogens (tertiary/aromatic N) is 3. The van der Waals surface area contributed by atoms with E-state index in [2.05, 4.69) is 28.8 Å². The summed E-state index contributed by atoms with van der Waals surface area (Å²) in [7, 11) is 0. The number of aryl methyl sites for hydroxylation is 1. The van der Waals surface area contributed by atoms with Crippen LogP contribution in [0.15, 0.2) is 18.5 Å². The van der Waals surface area contributed by atoms with Gasteiger partial charge in [-0.25, -0.2) is 18.7 Å². The molecule has 2 heterocycles. The third-order valence-electron chi connectivity index (χ3n) is 6.31. The van der Waals surface area contributed by atoms with E-state index in [-0.39, 0.29) is 30.1 Å². The fourth-order valence-electron chi connectivity index (χ4n) is 4.24. The molecule has 36 heavy (non-hydrogen) atoms. The summed E-state index contributed by atoms with van der Waals surface area (Å²) in [6.45, 7) is 6.47. The zero-order valence-electron chi connectivity index (χ0n) is 21.4. The van der Waals surface area contributed by atoms with Gasteiger partial charge in [0.15, 0.2) is 5.75 Å². The van der Waals surface area contributed by atoms with E-state index in [0.717, 1.165) is 51.6 Å². The van der Waals surface area contributed by atoms with Crippen molar-refractivity contribution in [2.45, 2.75) is 89.9 Å². The molecule has 1 unspecified atom stereocenters. The molecule has 9 heteroatoms. The molecule has 1 aliphatic rings. The van der Waals surface area contributed by atoms with Crippen molar-refractivity contribution in [3.8, 4) is 11.6 Å². The van der Waals surface area contributed by atoms with Gasteiger partial charge in [0.25, 0.3) is 5.92 Å². The van der Waals surface area contributed by atoms with E-state index in [1.54, 1.807) is 0 Å². The SMILES string of the molecule is CCCCCCOc1cnc(C2CCc3cc(OCCCCOCCCC)nc(F)c3C2(F)F)nc1. The minimum Gasteiger partial charge on any atom is -0.490 e. The number of aromatic nitrogens is 3. The number of rotatable bonds is 16. The Balaban J connectivity index is 1.56. The number of hydrogen-bond donors (Lipinski definition) is 0. The van der Waals surface area contributed by atoms with E-state index < -0.39 is 23.4 Å². The van der Waals surface area contributed by atoms with Crippen LogP contribution in [0.25, 0.3) is 0 Å². The van der Waals surface area contributed by atoms with Crippen molar-refractivity contribution in [2.24, 2.45) is 0 Å². The van der Waals surface area contributed by atoms with Crippen molar-refractivity contribution in [1.29, 1.82) is 0 Å². The first-order chi connectivity index (χ1) is 17.5. The van der Waals surface area contributed by atoms with Gasteiger partial charge < -0.3 is 14.2 Å². The molecule has 0 saturated heterocycles. The molecule has 6 nitrogen and oxygen atoms in total. The molecule has 1 aliphatic carbocycles. The van der Waals surface area contributed by atoms with E-state index in [1.807, 2.05) is 0 Å². The van der Waals surface area contributed by atoms with E-state index in [4.69, 9.17) is 14.2 Å². The summed E-state index contributed by atoms with van der Waals surface area (Å²) >= 11 is 0. The molecule has 0 aliphatic heterocycles. The van der Waals surface area contributed by atoms with Crippen LogP contribution in [0.4, 0.5) is 13.2 Å².